The highest BCUT2D eigenvalue weighted by Gasteiger charge is 2.31. The number of ether oxygens (including phenoxy) is 2. The van der Waals surface area contributed by atoms with Crippen molar-refractivity contribution in [2.75, 3.05) is 26.8 Å². The maximum absolute atomic E-state index is 14.1. The van der Waals surface area contributed by atoms with Gasteiger partial charge in [0.15, 0.2) is 18.5 Å². The topological polar surface area (TPSA) is 86.1 Å². The molecule has 0 saturated carbocycles. The van der Waals surface area contributed by atoms with E-state index in [2.05, 4.69) is 26.1 Å². The second kappa shape index (κ2) is 11.1. The van der Waals surface area contributed by atoms with Gasteiger partial charge in [-0.05, 0) is 40.9 Å². The van der Waals surface area contributed by atoms with Crippen molar-refractivity contribution in [1.82, 2.24) is 14.9 Å². The molecule has 5 rings (SSSR count). The van der Waals surface area contributed by atoms with Gasteiger partial charge in [0.2, 0.25) is 0 Å². The highest BCUT2D eigenvalue weighted by molar-refractivity contribution is 9.10. The first kappa shape index (κ1) is 25.5. The summed E-state index contributed by atoms with van der Waals surface area (Å²) in [6.45, 7) is 1.05. The fourth-order valence-corrected chi connectivity index (χ4v) is 5.68. The van der Waals surface area contributed by atoms with Crippen LogP contribution in [0.1, 0.15) is 47.5 Å². The minimum absolute atomic E-state index is 0.117. The predicted molar refractivity (Wildman–Crippen MR) is 136 cm³/mol. The molecule has 8 nitrogen and oxygen atoms in total. The van der Waals surface area contributed by atoms with Crippen molar-refractivity contribution in [2.24, 2.45) is 5.16 Å². The number of amides is 1. The summed E-state index contributed by atoms with van der Waals surface area (Å²) < 4.78 is 39.8. The van der Waals surface area contributed by atoms with Crippen LogP contribution in [0.2, 0.25) is 0 Å². The number of methoxy groups -OCH3 is 1. The van der Waals surface area contributed by atoms with Gasteiger partial charge in [0, 0.05) is 47.5 Å². The summed E-state index contributed by atoms with van der Waals surface area (Å²) in [5, 5.41) is 6.89. The molecule has 37 heavy (non-hydrogen) atoms. The Balaban J connectivity index is 1.14. The molecule has 1 aromatic carbocycles. The Morgan fingerprint density at radius 1 is 1.27 bits per heavy atom. The third-order valence-corrected chi connectivity index (χ3v) is 7.78. The van der Waals surface area contributed by atoms with Gasteiger partial charge in [-0.2, -0.15) is 0 Å². The minimum Gasteiger partial charge on any atom is -0.491 e. The van der Waals surface area contributed by atoms with Crippen molar-refractivity contribution >= 4 is 38.9 Å². The molecule has 4 heterocycles. The highest BCUT2D eigenvalue weighted by atomic mass is 79.9. The van der Waals surface area contributed by atoms with Gasteiger partial charge in [0.1, 0.15) is 17.3 Å². The minimum atomic E-state index is -0.814. The molecule has 3 aromatic rings. The van der Waals surface area contributed by atoms with Crippen LogP contribution >= 0.6 is 27.3 Å². The number of hydrogen-bond acceptors (Lipinski definition) is 8. The summed E-state index contributed by atoms with van der Waals surface area (Å²) in [7, 11) is 1.51. The maximum Gasteiger partial charge on any atom is 0.260 e. The van der Waals surface area contributed by atoms with Crippen molar-refractivity contribution in [1.29, 1.82) is 0 Å². The van der Waals surface area contributed by atoms with E-state index in [1.165, 1.54) is 36.6 Å². The molecule has 194 valence electrons. The van der Waals surface area contributed by atoms with E-state index in [0.717, 1.165) is 22.3 Å². The lowest BCUT2D eigenvalue weighted by Crippen LogP contribution is -2.40. The molecule has 1 fully saturated rings. The van der Waals surface area contributed by atoms with E-state index in [9.17, 15) is 13.6 Å². The molecule has 1 unspecified atom stereocenters. The average molecular weight is 593 g/mol. The van der Waals surface area contributed by atoms with Crippen LogP contribution < -0.4 is 9.47 Å². The molecule has 0 spiro atoms. The number of nitrogens with zero attached hydrogens (tertiary/aromatic N) is 4. The quantitative estimate of drug-likeness (QED) is 0.373. The molecule has 0 bridgehead atoms. The first-order valence-electron chi connectivity index (χ1n) is 11.7. The Morgan fingerprint density at radius 2 is 2.03 bits per heavy atom. The number of hydrogen-bond donors (Lipinski definition) is 0. The van der Waals surface area contributed by atoms with Crippen molar-refractivity contribution in [3.8, 4) is 11.6 Å². The number of halogens is 3. The van der Waals surface area contributed by atoms with Crippen LogP contribution in [0, 0.1) is 11.6 Å². The number of likely N-dealkylation sites (tertiary alicyclic amines) is 1. The molecule has 0 radical (unpaired) electrons. The zero-order valence-corrected chi connectivity index (χ0v) is 22.2. The Bertz CT molecular complexity index is 1310. The smallest absolute Gasteiger partial charge is 0.260 e. The lowest BCUT2D eigenvalue weighted by atomic mass is 9.97. The molecule has 0 aliphatic carbocycles. The number of benzene rings is 1. The summed E-state index contributed by atoms with van der Waals surface area (Å²) in [6.07, 6.45) is 2.55. The van der Waals surface area contributed by atoms with Crippen molar-refractivity contribution in [3.05, 3.63) is 68.2 Å². The number of rotatable bonds is 7. The molecular formula is C25H23BrF2N4O4S. The van der Waals surface area contributed by atoms with E-state index in [-0.39, 0.29) is 36.3 Å². The third kappa shape index (κ3) is 5.59. The summed E-state index contributed by atoms with van der Waals surface area (Å²) in [6, 6.07) is 5.46. The highest BCUT2D eigenvalue weighted by Crippen LogP contribution is 2.35. The van der Waals surface area contributed by atoms with Crippen molar-refractivity contribution in [2.45, 2.75) is 31.3 Å². The van der Waals surface area contributed by atoms with Gasteiger partial charge in [-0.3, -0.25) is 4.79 Å². The van der Waals surface area contributed by atoms with Gasteiger partial charge in [-0.1, -0.05) is 11.2 Å². The zero-order chi connectivity index (χ0) is 25.9. The third-order valence-electron chi connectivity index (χ3n) is 6.34. The van der Waals surface area contributed by atoms with E-state index in [4.69, 9.17) is 19.3 Å². The maximum atomic E-state index is 14.1. The van der Waals surface area contributed by atoms with E-state index < -0.39 is 17.7 Å². The van der Waals surface area contributed by atoms with Crippen LogP contribution in [-0.2, 0) is 9.63 Å². The van der Waals surface area contributed by atoms with E-state index in [1.54, 1.807) is 17.2 Å². The molecular weight excluding hydrogens is 570 g/mol. The van der Waals surface area contributed by atoms with Crippen molar-refractivity contribution in [3.63, 3.8) is 0 Å². The summed E-state index contributed by atoms with van der Waals surface area (Å²) >= 11 is 4.84. The zero-order valence-electron chi connectivity index (χ0n) is 19.8. The van der Waals surface area contributed by atoms with E-state index in [1.807, 2.05) is 5.38 Å². The number of carbonyl (C=O) groups is 1. The number of carbonyl (C=O) groups excluding carboxylic acids is 1. The first-order valence-corrected chi connectivity index (χ1v) is 13.3. The lowest BCUT2D eigenvalue weighted by molar-refractivity contribution is -0.134. The SMILES string of the molecule is COc1cc(Br)cnc1OCC(=O)N1CCC(c2nc(C3=NOC(c4c(F)cccc4F)C3)cs2)CC1. The summed E-state index contributed by atoms with van der Waals surface area (Å²) in [5.41, 5.74) is 1.10. The van der Waals surface area contributed by atoms with Crippen LogP contribution in [0.3, 0.4) is 0 Å². The number of oxime groups is 1. The van der Waals surface area contributed by atoms with Gasteiger partial charge in [0.25, 0.3) is 11.8 Å². The van der Waals surface area contributed by atoms with Crippen LogP contribution in [0.4, 0.5) is 8.78 Å². The molecule has 0 N–H and O–H groups in total. The number of pyridine rings is 1. The molecule has 2 aliphatic rings. The average Bonchev–Trinajstić information content (AvgIpc) is 3.58. The van der Waals surface area contributed by atoms with Gasteiger partial charge in [-0.25, -0.2) is 18.7 Å². The monoisotopic (exact) mass is 592 g/mol. The van der Waals surface area contributed by atoms with Crippen LogP contribution in [0.25, 0.3) is 0 Å². The molecule has 2 aliphatic heterocycles. The number of aromatic nitrogens is 2. The number of thiazole rings is 1. The first-order chi connectivity index (χ1) is 17.9. The van der Waals surface area contributed by atoms with Gasteiger partial charge in [-0.15, -0.1) is 11.3 Å². The number of piperidine rings is 1. The Kier molecular flexibility index (Phi) is 7.65. The normalized spacial score (nSPS) is 17.9. The molecule has 12 heteroatoms. The summed E-state index contributed by atoms with van der Waals surface area (Å²) in [5.74, 6) is -0.501. The molecule has 1 atom stereocenters. The largest absolute Gasteiger partial charge is 0.491 e. The fraction of sp³-hybridized carbons (Fsp3) is 0.360. The van der Waals surface area contributed by atoms with Gasteiger partial charge in [0.05, 0.1) is 23.4 Å². The molecule has 1 saturated heterocycles. The van der Waals surface area contributed by atoms with Crippen LogP contribution in [0.15, 0.2) is 45.5 Å². The fourth-order valence-electron chi connectivity index (χ4n) is 4.37. The van der Waals surface area contributed by atoms with Gasteiger partial charge < -0.3 is 19.2 Å². The van der Waals surface area contributed by atoms with Crippen molar-refractivity contribution < 1.29 is 27.9 Å². The Labute approximate surface area is 224 Å². The predicted octanol–water partition coefficient (Wildman–Crippen LogP) is 5.24. The summed E-state index contributed by atoms with van der Waals surface area (Å²) in [4.78, 5) is 28.7. The second-order valence-corrected chi connectivity index (χ2v) is 10.5. The lowest BCUT2D eigenvalue weighted by Gasteiger charge is -2.31. The second-order valence-electron chi connectivity index (χ2n) is 8.65. The Hall–Kier alpha value is -3.12. The van der Waals surface area contributed by atoms with Crippen LogP contribution in [-0.4, -0.2) is 53.3 Å². The van der Waals surface area contributed by atoms with Gasteiger partial charge >= 0.3 is 0 Å². The standard InChI is InChI=1S/C25H23BrF2N4O4S/c1-34-21-9-15(26)11-29-24(21)35-12-22(33)32-7-5-14(6-8-32)25-30-19(13-37-25)18-10-20(36-31-18)23-16(27)3-2-4-17(23)28/h2-4,9,11,13-14,20H,5-8,10,12H2,1H3. The molecule has 1 amide bonds. The molecule has 2 aromatic heterocycles. The van der Waals surface area contributed by atoms with E-state index >= 15 is 0 Å². The van der Waals surface area contributed by atoms with E-state index in [0.29, 0.717) is 30.2 Å². The van der Waals surface area contributed by atoms with Crippen LogP contribution in [0.5, 0.6) is 11.6 Å². The Morgan fingerprint density at radius 3 is 2.76 bits per heavy atom.